The summed E-state index contributed by atoms with van der Waals surface area (Å²) in [6.45, 7) is 0.979. The third-order valence-corrected chi connectivity index (χ3v) is 6.77. The Labute approximate surface area is 184 Å². The predicted octanol–water partition coefficient (Wildman–Crippen LogP) is -0.368. The topological polar surface area (TPSA) is 136 Å². The maximum Gasteiger partial charge on any atom is 0.309 e. The van der Waals surface area contributed by atoms with Crippen molar-refractivity contribution in [3.05, 3.63) is 48.3 Å². The van der Waals surface area contributed by atoms with Gasteiger partial charge in [0.25, 0.3) is 0 Å². The number of benzene rings is 1. The Hall–Kier alpha value is -3.22. The van der Waals surface area contributed by atoms with Crippen molar-refractivity contribution in [2.45, 2.75) is 17.7 Å². The van der Waals surface area contributed by atoms with Crippen molar-refractivity contribution in [2.24, 2.45) is 0 Å². The van der Waals surface area contributed by atoms with Crippen LogP contribution in [0.2, 0.25) is 0 Å². The number of nitrogens with one attached hydrogen (secondary N) is 2. The normalized spacial score (nSPS) is 18.2. The Morgan fingerprint density at radius 1 is 1.06 bits per heavy atom. The number of pyridine rings is 1. The molecule has 170 valence electrons. The van der Waals surface area contributed by atoms with E-state index in [1.807, 2.05) is 0 Å². The maximum absolute atomic E-state index is 13.1. The van der Waals surface area contributed by atoms with Gasteiger partial charge in [-0.3, -0.25) is 14.6 Å². The summed E-state index contributed by atoms with van der Waals surface area (Å²) in [6.07, 6.45) is 2.23. The van der Waals surface area contributed by atoms with Crippen LogP contribution in [0.25, 0.3) is 0 Å². The average molecular weight is 462 g/mol. The van der Waals surface area contributed by atoms with Crippen LogP contribution < -0.4 is 20.1 Å². The molecular weight excluding hydrogens is 440 g/mol. The molecule has 0 spiro atoms. The number of hydrogen-bond donors (Lipinski definition) is 2. The minimum absolute atomic E-state index is 0.0257. The molecule has 0 bridgehead atoms. The fourth-order valence-electron chi connectivity index (χ4n) is 3.29. The molecule has 11 nitrogen and oxygen atoms in total. The highest BCUT2D eigenvalue weighted by molar-refractivity contribution is 7.89. The second-order valence-corrected chi connectivity index (χ2v) is 8.89. The zero-order valence-corrected chi connectivity index (χ0v) is 17.8. The van der Waals surface area contributed by atoms with Gasteiger partial charge in [-0.1, -0.05) is 6.07 Å². The predicted molar refractivity (Wildman–Crippen MR) is 110 cm³/mol. The molecule has 0 radical (unpaired) electrons. The van der Waals surface area contributed by atoms with Crippen LogP contribution in [0.1, 0.15) is 5.56 Å². The number of amides is 2. The van der Waals surface area contributed by atoms with Crippen LogP contribution in [-0.4, -0.2) is 68.7 Å². The summed E-state index contributed by atoms with van der Waals surface area (Å²) in [5, 5.41) is 4.90. The molecular formula is C20H22N4O7S. The van der Waals surface area contributed by atoms with Gasteiger partial charge in [0.15, 0.2) is 11.5 Å². The van der Waals surface area contributed by atoms with E-state index in [1.54, 1.807) is 30.6 Å². The van der Waals surface area contributed by atoms with Crippen LogP contribution in [0.5, 0.6) is 11.5 Å². The summed E-state index contributed by atoms with van der Waals surface area (Å²) in [5.74, 6) is -0.893. The van der Waals surface area contributed by atoms with Gasteiger partial charge in [0, 0.05) is 31.5 Å². The molecule has 2 aliphatic rings. The minimum Gasteiger partial charge on any atom is -0.486 e. The van der Waals surface area contributed by atoms with Gasteiger partial charge in [0.1, 0.15) is 19.4 Å². The quantitative estimate of drug-likeness (QED) is 0.555. The van der Waals surface area contributed by atoms with Gasteiger partial charge in [-0.15, -0.1) is 0 Å². The highest BCUT2D eigenvalue weighted by Crippen LogP contribution is 2.34. The standard InChI is InChI=1S/C20H22N4O7S/c25-19(22-12-14-2-1-5-21-11-14)20(26)23-13-18-24(6-7-31-18)32(27,28)15-3-4-16-17(10-15)30-9-8-29-16/h1-5,10-11,18H,6-9,12-13H2,(H,22,25)(H,23,26). The summed E-state index contributed by atoms with van der Waals surface area (Å²) < 4.78 is 43.8. The van der Waals surface area contributed by atoms with E-state index in [9.17, 15) is 18.0 Å². The third-order valence-electron chi connectivity index (χ3n) is 4.88. The van der Waals surface area contributed by atoms with Crippen LogP contribution in [0.3, 0.4) is 0 Å². The van der Waals surface area contributed by atoms with Crippen molar-refractivity contribution in [2.75, 3.05) is 32.9 Å². The summed E-state index contributed by atoms with van der Waals surface area (Å²) in [6, 6.07) is 7.86. The van der Waals surface area contributed by atoms with Crippen molar-refractivity contribution < 1.29 is 32.2 Å². The largest absolute Gasteiger partial charge is 0.486 e. The molecule has 1 saturated heterocycles. The lowest BCUT2D eigenvalue weighted by atomic mass is 10.3. The Kier molecular flexibility index (Phi) is 6.53. The van der Waals surface area contributed by atoms with Crippen molar-refractivity contribution in [3.63, 3.8) is 0 Å². The Morgan fingerprint density at radius 3 is 2.62 bits per heavy atom. The number of carbonyl (C=O) groups excluding carboxylic acids is 2. The van der Waals surface area contributed by atoms with Gasteiger partial charge in [-0.05, 0) is 23.8 Å². The van der Waals surface area contributed by atoms with E-state index in [-0.39, 0.29) is 31.1 Å². The Morgan fingerprint density at radius 2 is 1.84 bits per heavy atom. The molecule has 4 rings (SSSR count). The van der Waals surface area contributed by atoms with Crippen LogP contribution in [-0.2, 0) is 30.9 Å². The highest BCUT2D eigenvalue weighted by Gasteiger charge is 2.37. The Balaban J connectivity index is 1.36. The number of rotatable bonds is 6. The van der Waals surface area contributed by atoms with Crippen LogP contribution in [0, 0.1) is 0 Å². The smallest absolute Gasteiger partial charge is 0.309 e. The van der Waals surface area contributed by atoms with Crippen molar-refractivity contribution in [1.29, 1.82) is 0 Å². The van der Waals surface area contributed by atoms with E-state index in [0.717, 1.165) is 9.87 Å². The maximum atomic E-state index is 13.1. The monoisotopic (exact) mass is 462 g/mol. The van der Waals surface area contributed by atoms with E-state index in [2.05, 4.69) is 15.6 Å². The lowest BCUT2D eigenvalue weighted by Crippen LogP contribution is -2.47. The van der Waals surface area contributed by atoms with Gasteiger partial charge in [0.05, 0.1) is 18.0 Å². The molecule has 2 aromatic rings. The van der Waals surface area contributed by atoms with Gasteiger partial charge >= 0.3 is 11.8 Å². The van der Waals surface area contributed by atoms with Gasteiger partial charge in [0.2, 0.25) is 10.0 Å². The average Bonchev–Trinajstić information content (AvgIpc) is 3.31. The molecule has 32 heavy (non-hydrogen) atoms. The lowest BCUT2D eigenvalue weighted by molar-refractivity contribution is -0.139. The van der Waals surface area contributed by atoms with Crippen LogP contribution >= 0.6 is 0 Å². The van der Waals surface area contributed by atoms with E-state index >= 15 is 0 Å². The molecule has 1 fully saturated rings. The molecule has 2 N–H and O–H groups in total. The summed E-state index contributed by atoms with van der Waals surface area (Å²) in [4.78, 5) is 28.1. The highest BCUT2D eigenvalue weighted by atomic mass is 32.2. The number of hydrogen-bond acceptors (Lipinski definition) is 8. The summed E-state index contributed by atoms with van der Waals surface area (Å²) in [5.41, 5.74) is 0.740. The van der Waals surface area contributed by atoms with E-state index < -0.39 is 28.1 Å². The first-order valence-corrected chi connectivity index (χ1v) is 11.4. The van der Waals surface area contributed by atoms with Gasteiger partial charge < -0.3 is 24.8 Å². The molecule has 1 aromatic heterocycles. The molecule has 1 unspecified atom stereocenters. The van der Waals surface area contributed by atoms with Crippen LogP contribution in [0.4, 0.5) is 0 Å². The van der Waals surface area contributed by atoms with Crippen molar-refractivity contribution in [3.8, 4) is 11.5 Å². The SMILES string of the molecule is O=C(NCc1cccnc1)C(=O)NCC1OCCN1S(=O)(=O)c1ccc2c(c1)OCCO2. The van der Waals surface area contributed by atoms with Crippen LogP contribution in [0.15, 0.2) is 47.6 Å². The molecule has 0 saturated carbocycles. The first-order chi connectivity index (χ1) is 15.4. The summed E-state index contributed by atoms with van der Waals surface area (Å²) in [7, 11) is -3.92. The fraction of sp³-hybridized carbons (Fsp3) is 0.350. The number of fused-ring (bicyclic) bond motifs is 1. The number of carbonyl (C=O) groups is 2. The van der Waals surface area contributed by atoms with E-state index in [4.69, 9.17) is 14.2 Å². The Bertz CT molecular complexity index is 1090. The number of nitrogens with zero attached hydrogens (tertiary/aromatic N) is 2. The second kappa shape index (κ2) is 9.51. The number of aromatic nitrogens is 1. The van der Waals surface area contributed by atoms with Gasteiger partial charge in [-0.2, -0.15) is 4.31 Å². The fourth-order valence-corrected chi connectivity index (χ4v) is 4.81. The molecule has 3 heterocycles. The van der Waals surface area contributed by atoms with E-state index in [0.29, 0.717) is 24.7 Å². The zero-order chi connectivity index (χ0) is 22.6. The molecule has 1 aromatic carbocycles. The van der Waals surface area contributed by atoms with Crippen molar-refractivity contribution >= 4 is 21.8 Å². The van der Waals surface area contributed by atoms with Gasteiger partial charge in [-0.25, -0.2) is 8.42 Å². The van der Waals surface area contributed by atoms with E-state index in [1.165, 1.54) is 12.1 Å². The first-order valence-electron chi connectivity index (χ1n) is 9.93. The summed E-state index contributed by atoms with van der Waals surface area (Å²) >= 11 is 0. The molecule has 1 atom stereocenters. The third kappa shape index (κ3) is 4.82. The lowest BCUT2D eigenvalue weighted by Gasteiger charge is -2.24. The molecule has 12 heteroatoms. The van der Waals surface area contributed by atoms with Crippen molar-refractivity contribution in [1.82, 2.24) is 19.9 Å². The number of sulfonamides is 1. The second-order valence-electron chi connectivity index (χ2n) is 7.00. The number of ether oxygens (including phenoxy) is 3. The molecule has 0 aliphatic carbocycles. The zero-order valence-electron chi connectivity index (χ0n) is 17.0. The molecule has 2 amide bonds. The molecule has 2 aliphatic heterocycles. The first kappa shape index (κ1) is 22.0. The minimum atomic E-state index is -3.92.